The molecule has 1 rings (SSSR count). The van der Waals surface area contributed by atoms with Crippen molar-refractivity contribution in [3.63, 3.8) is 0 Å². The van der Waals surface area contributed by atoms with Gasteiger partial charge in [-0.2, -0.15) is 5.26 Å². The highest BCUT2D eigenvalue weighted by Crippen LogP contribution is 2.49. The van der Waals surface area contributed by atoms with Crippen molar-refractivity contribution in [2.75, 3.05) is 6.61 Å². The highest BCUT2D eigenvalue weighted by atomic mass is 31.2. The molecule has 0 aliphatic carbocycles. The number of hydrogen-bond donors (Lipinski definition) is 0. The molecule has 0 aromatic carbocycles. The Morgan fingerprint density at radius 3 is 2.62 bits per heavy atom. The van der Waals surface area contributed by atoms with Gasteiger partial charge in [-0.15, -0.1) is 0 Å². The van der Waals surface area contributed by atoms with E-state index in [1.807, 2.05) is 6.92 Å². The molecule has 21 heavy (non-hydrogen) atoms. The summed E-state index contributed by atoms with van der Waals surface area (Å²) in [5.74, 6) is 0. The molecule has 5 nitrogen and oxygen atoms in total. The molecule has 0 amide bonds. The molecule has 0 saturated carbocycles. The SMILES string of the molecule is [2H]C[C@H]1O[C@@H](C)C[C@H]1OP(OCCC#N)N(C(C)C)C(C)C. The summed E-state index contributed by atoms with van der Waals surface area (Å²) < 4.78 is 27.7. The minimum Gasteiger partial charge on any atom is -0.373 e. The molecule has 4 atom stereocenters. The summed E-state index contributed by atoms with van der Waals surface area (Å²) in [5.41, 5.74) is 0. The van der Waals surface area contributed by atoms with Crippen LogP contribution in [0.2, 0.25) is 0 Å². The highest BCUT2D eigenvalue weighted by Gasteiger charge is 2.36. The third-order valence-electron chi connectivity index (χ3n) is 3.27. The summed E-state index contributed by atoms with van der Waals surface area (Å²) in [6, 6.07) is 2.66. The van der Waals surface area contributed by atoms with E-state index in [1.165, 1.54) is 0 Å². The van der Waals surface area contributed by atoms with Gasteiger partial charge in [-0.05, 0) is 41.5 Å². The quantitative estimate of drug-likeness (QED) is 0.503. The smallest absolute Gasteiger partial charge is 0.259 e. The third-order valence-corrected chi connectivity index (χ3v) is 5.43. The van der Waals surface area contributed by atoms with Gasteiger partial charge in [-0.1, -0.05) is 0 Å². The average Bonchev–Trinajstić information content (AvgIpc) is 2.78. The molecule has 0 N–H and O–H groups in total. The van der Waals surface area contributed by atoms with Gasteiger partial charge in [0.25, 0.3) is 8.53 Å². The van der Waals surface area contributed by atoms with Crippen molar-refractivity contribution in [2.24, 2.45) is 0 Å². The number of nitriles is 1. The van der Waals surface area contributed by atoms with Crippen molar-refractivity contribution in [1.82, 2.24) is 4.67 Å². The summed E-state index contributed by atoms with van der Waals surface area (Å²) in [7, 11) is -1.26. The second-order valence-electron chi connectivity index (χ2n) is 5.91. The Kier molecular flexibility index (Phi) is 7.36. The fourth-order valence-corrected chi connectivity index (χ4v) is 4.20. The first-order chi connectivity index (χ1) is 10.4. The van der Waals surface area contributed by atoms with E-state index in [4.69, 9.17) is 20.4 Å². The zero-order chi connectivity index (χ0) is 16.7. The summed E-state index contributed by atoms with van der Waals surface area (Å²) in [6.45, 7) is 11.0. The molecule has 1 aliphatic heterocycles. The second kappa shape index (κ2) is 9.02. The van der Waals surface area contributed by atoms with Crippen molar-refractivity contribution < 1.29 is 15.2 Å². The van der Waals surface area contributed by atoms with Crippen molar-refractivity contribution >= 4 is 8.53 Å². The lowest BCUT2D eigenvalue weighted by atomic mass is 10.2. The second-order valence-corrected chi connectivity index (χ2v) is 7.32. The van der Waals surface area contributed by atoms with E-state index >= 15 is 0 Å². The van der Waals surface area contributed by atoms with E-state index in [1.54, 1.807) is 0 Å². The molecule has 6 heteroatoms. The zero-order valence-corrected chi connectivity index (χ0v) is 14.7. The van der Waals surface area contributed by atoms with Gasteiger partial charge in [0, 0.05) is 19.9 Å². The standard InChI is InChI=1S/C15H29N2O3P/c1-11(2)17(12(3)4)21(18-9-7-8-16)20-15-10-13(5)19-14(15)6/h11-15H,7,9-10H2,1-6H3/t13-,14+,15+,21?/m0/s1/i6D. The van der Waals surface area contributed by atoms with Crippen LogP contribution in [0.25, 0.3) is 0 Å². The lowest BCUT2D eigenvalue weighted by Gasteiger charge is -2.37. The molecule has 1 heterocycles. The minimum absolute atomic E-state index is 0.110. The summed E-state index contributed by atoms with van der Waals surface area (Å²) in [5, 5.41) is 8.71. The first kappa shape index (κ1) is 17.1. The Morgan fingerprint density at radius 2 is 2.10 bits per heavy atom. The van der Waals surface area contributed by atoms with Crippen LogP contribution >= 0.6 is 8.53 Å². The van der Waals surface area contributed by atoms with Gasteiger partial charge in [0.1, 0.15) is 0 Å². The van der Waals surface area contributed by atoms with E-state index in [2.05, 4.69) is 38.4 Å². The number of rotatable bonds is 8. The normalized spacial score (nSPS) is 28.1. The molecule has 1 unspecified atom stereocenters. The molecule has 1 aliphatic rings. The zero-order valence-electron chi connectivity index (χ0n) is 14.8. The van der Waals surface area contributed by atoms with Crippen LogP contribution in [0.15, 0.2) is 0 Å². The fourth-order valence-electron chi connectivity index (χ4n) is 2.44. The van der Waals surface area contributed by atoms with Crippen molar-refractivity contribution in [3.8, 4) is 6.07 Å². The van der Waals surface area contributed by atoms with E-state index in [0.29, 0.717) is 13.0 Å². The molecule has 0 bridgehead atoms. The average molecular weight is 317 g/mol. The minimum atomic E-state index is -1.26. The van der Waals surface area contributed by atoms with E-state index < -0.39 is 8.53 Å². The number of hydrogen-bond acceptors (Lipinski definition) is 5. The molecule has 1 fully saturated rings. The van der Waals surface area contributed by atoms with Crippen LogP contribution in [0.4, 0.5) is 0 Å². The predicted molar refractivity (Wildman–Crippen MR) is 84.7 cm³/mol. The van der Waals surface area contributed by atoms with E-state index in [-0.39, 0.29) is 37.3 Å². The Labute approximate surface area is 131 Å². The lowest BCUT2D eigenvalue weighted by molar-refractivity contribution is 0.0297. The van der Waals surface area contributed by atoms with Crippen LogP contribution in [0.1, 0.15) is 55.7 Å². The van der Waals surface area contributed by atoms with Crippen LogP contribution in [0.3, 0.4) is 0 Å². The lowest BCUT2D eigenvalue weighted by Crippen LogP contribution is -2.35. The maximum absolute atomic E-state index is 8.71. The van der Waals surface area contributed by atoms with Gasteiger partial charge in [0.2, 0.25) is 0 Å². The first-order valence-electron chi connectivity index (χ1n) is 8.31. The maximum Gasteiger partial charge on any atom is 0.259 e. The van der Waals surface area contributed by atoms with Crippen LogP contribution < -0.4 is 0 Å². The van der Waals surface area contributed by atoms with Crippen LogP contribution in [-0.4, -0.2) is 41.7 Å². The Hall–Kier alpha value is -0.240. The highest BCUT2D eigenvalue weighted by molar-refractivity contribution is 7.44. The summed E-state index contributed by atoms with van der Waals surface area (Å²) in [6.07, 6.45) is 0.948. The molecule has 0 aromatic rings. The molecule has 122 valence electrons. The van der Waals surface area contributed by atoms with Crippen LogP contribution in [0.5, 0.6) is 0 Å². The van der Waals surface area contributed by atoms with Crippen molar-refractivity contribution in [3.05, 3.63) is 0 Å². The van der Waals surface area contributed by atoms with Crippen LogP contribution in [-0.2, 0) is 13.8 Å². The van der Waals surface area contributed by atoms with Gasteiger partial charge in [0.05, 0.1) is 37.4 Å². The fraction of sp³-hybridized carbons (Fsp3) is 0.933. The first-order valence-corrected chi connectivity index (χ1v) is 8.73. The van der Waals surface area contributed by atoms with Crippen molar-refractivity contribution in [2.45, 2.75) is 84.8 Å². The van der Waals surface area contributed by atoms with Gasteiger partial charge >= 0.3 is 0 Å². The predicted octanol–water partition coefficient (Wildman–Crippen LogP) is 3.84. The van der Waals surface area contributed by atoms with Gasteiger partial charge in [-0.25, -0.2) is 4.67 Å². The Morgan fingerprint density at radius 1 is 1.43 bits per heavy atom. The van der Waals surface area contributed by atoms with Crippen molar-refractivity contribution in [1.29, 1.82) is 5.26 Å². The monoisotopic (exact) mass is 317 g/mol. The van der Waals surface area contributed by atoms with E-state index in [9.17, 15) is 0 Å². The van der Waals surface area contributed by atoms with E-state index in [0.717, 1.165) is 6.42 Å². The molecule has 0 radical (unpaired) electrons. The Balaban J connectivity index is 2.78. The largest absolute Gasteiger partial charge is 0.373 e. The summed E-state index contributed by atoms with van der Waals surface area (Å²) >= 11 is 0. The molecule has 0 aromatic heterocycles. The number of ether oxygens (including phenoxy) is 1. The van der Waals surface area contributed by atoms with Gasteiger partial charge in [0.15, 0.2) is 0 Å². The maximum atomic E-state index is 8.71. The molecular formula is C15H29N2O3P. The molecule has 1 saturated heterocycles. The topological polar surface area (TPSA) is 54.7 Å². The third kappa shape index (κ3) is 5.81. The van der Waals surface area contributed by atoms with Crippen LogP contribution in [0, 0.1) is 11.3 Å². The van der Waals surface area contributed by atoms with Gasteiger partial charge < -0.3 is 13.8 Å². The molecule has 0 spiro atoms. The number of nitrogens with zero attached hydrogens (tertiary/aromatic N) is 2. The molecular weight excluding hydrogens is 287 g/mol. The summed E-state index contributed by atoms with van der Waals surface area (Å²) in [4.78, 5) is 0. The van der Waals surface area contributed by atoms with Gasteiger partial charge in [-0.3, -0.25) is 0 Å². The Bertz CT molecular complexity index is 357.